The summed E-state index contributed by atoms with van der Waals surface area (Å²) in [6, 6.07) is -0.621. The number of allylic oxidation sites excluding steroid dienone is 5. The van der Waals surface area contributed by atoms with Crippen LogP contribution in [0.2, 0.25) is 0 Å². The van der Waals surface area contributed by atoms with Crippen LogP contribution in [0, 0.1) is 0 Å². The molecule has 2 atom stereocenters. The maximum Gasteiger partial charge on any atom is 0.220 e. The summed E-state index contributed by atoms with van der Waals surface area (Å²) in [6.07, 6.45) is 45.2. The highest BCUT2D eigenvalue weighted by atomic mass is 16.3. The van der Waals surface area contributed by atoms with Gasteiger partial charge >= 0.3 is 0 Å². The summed E-state index contributed by atoms with van der Waals surface area (Å²) in [4.78, 5) is 12.3. The topological polar surface area (TPSA) is 69.6 Å². The molecular weight excluding hydrogens is 530 g/mol. The van der Waals surface area contributed by atoms with Crippen LogP contribution < -0.4 is 5.32 Å². The van der Waals surface area contributed by atoms with Gasteiger partial charge in [0.05, 0.1) is 18.8 Å². The Morgan fingerprint density at radius 1 is 0.558 bits per heavy atom. The van der Waals surface area contributed by atoms with E-state index in [1.165, 1.54) is 135 Å². The van der Waals surface area contributed by atoms with Crippen LogP contribution in [-0.2, 0) is 4.79 Å². The zero-order chi connectivity index (χ0) is 31.5. The third kappa shape index (κ3) is 31.8. The van der Waals surface area contributed by atoms with Gasteiger partial charge in [-0.05, 0) is 51.4 Å². The highest BCUT2D eigenvalue weighted by Crippen LogP contribution is 2.13. The second kappa shape index (κ2) is 35.1. The molecule has 0 aliphatic heterocycles. The van der Waals surface area contributed by atoms with Crippen LogP contribution in [0.4, 0.5) is 0 Å². The lowest BCUT2D eigenvalue weighted by molar-refractivity contribution is -0.123. The van der Waals surface area contributed by atoms with Gasteiger partial charge in [0.15, 0.2) is 0 Å². The maximum atomic E-state index is 12.3. The third-order valence-corrected chi connectivity index (χ3v) is 8.37. The van der Waals surface area contributed by atoms with Gasteiger partial charge in [0.25, 0.3) is 0 Å². The van der Waals surface area contributed by atoms with Crippen LogP contribution in [0.3, 0.4) is 0 Å². The fourth-order valence-electron chi connectivity index (χ4n) is 5.44. The first-order chi connectivity index (χ1) is 21.2. The van der Waals surface area contributed by atoms with E-state index in [0.29, 0.717) is 6.42 Å². The van der Waals surface area contributed by atoms with Gasteiger partial charge in [-0.3, -0.25) is 4.79 Å². The quantitative estimate of drug-likeness (QED) is 0.0516. The zero-order valence-corrected chi connectivity index (χ0v) is 28.7. The van der Waals surface area contributed by atoms with Crippen molar-refractivity contribution in [2.24, 2.45) is 0 Å². The molecule has 2 unspecified atom stereocenters. The first-order valence-corrected chi connectivity index (χ1v) is 18.7. The van der Waals surface area contributed by atoms with Crippen molar-refractivity contribution in [2.75, 3.05) is 6.61 Å². The smallest absolute Gasteiger partial charge is 0.220 e. The van der Waals surface area contributed by atoms with E-state index in [0.717, 1.165) is 32.1 Å². The largest absolute Gasteiger partial charge is 0.394 e. The van der Waals surface area contributed by atoms with E-state index in [4.69, 9.17) is 0 Å². The number of carbonyl (C=O) groups excluding carboxylic acids is 1. The molecule has 0 saturated carbocycles. The standard InChI is InChI=1S/C39H73NO3/c1-3-5-7-9-11-13-15-16-17-18-19-20-21-22-23-24-25-27-29-31-33-35-39(43)40-37(36-41)38(42)34-32-30-28-26-14-12-10-8-6-4-2/h15-16,18-19,32,34,37-38,41-42H,3-14,17,20-31,33,35-36H2,1-2H3,(H,40,43)/b16-15-,19-18-,34-32+. The fourth-order valence-corrected chi connectivity index (χ4v) is 5.44. The molecule has 0 rings (SSSR count). The molecule has 252 valence electrons. The second-order valence-corrected chi connectivity index (χ2v) is 12.6. The van der Waals surface area contributed by atoms with Crippen LogP contribution >= 0.6 is 0 Å². The summed E-state index contributed by atoms with van der Waals surface area (Å²) in [5.74, 6) is -0.0718. The van der Waals surface area contributed by atoms with E-state index < -0.39 is 12.1 Å². The number of amides is 1. The van der Waals surface area contributed by atoms with Crippen molar-refractivity contribution in [3.05, 3.63) is 36.5 Å². The summed E-state index contributed by atoms with van der Waals surface area (Å²) < 4.78 is 0. The monoisotopic (exact) mass is 604 g/mol. The molecule has 3 N–H and O–H groups in total. The molecule has 0 spiro atoms. The minimum absolute atomic E-state index is 0.0718. The Bertz CT molecular complexity index is 657. The van der Waals surface area contributed by atoms with Gasteiger partial charge in [0.1, 0.15) is 0 Å². The van der Waals surface area contributed by atoms with Gasteiger partial charge in [-0.15, -0.1) is 0 Å². The number of hydrogen-bond donors (Lipinski definition) is 3. The minimum atomic E-state index is -0.837. The first-order valence-electron chi connectivity index (χ1n) is 18.7. The summed E-state index contributed by atoms with van der Waals surface area (Å²) in [5.41, 5.74) is 0. The Balaban J connectivity index is 3.59. The van der Waals surface area contributed by atoms with Gasteiger partial charge in [0.2, 0.25) is 5.91 Å². The van der Waals surface area contributed by atoms with Crippen LogP contribution in [0.25, 0.3) is 0 Å². The summed E-state index contributed by atoms with van der Waals surface area (Å²) in [6.45, 7) is 4.26. The highest BCUT2D eigenvalue weighted by Gasteiger charge is 2.17. The van der Waals surface area contributed by atoms with E-state index in [1.54, 1.807) is 6.08 Å². The summed E-state index contributed by atoms with van der Waals surface area (Å²) in [7, 11) is 0. The molecule has 0 bridgehead atoms. The lowest BCUT2D eigenvalue weighted by atomic mass is 10.0. The molecule has 0 aliphatic carbocycles. The molecule has 0 aromatic rings. The number of unbranched alkanes of at least 4 members (excludes halogenated alkanes) is 22. The van der Waals surface area contributed by atoms with Crippen molar-refractivity contribution < 1.29 is 15.0 Å². The van der Waals surface area contributed by atoms with Crippen molar-refractivity contribution in [3.63, 3.8) is 0 Å². The molecule has 43 heavy (non-hydrogen) atoms. The lowest BCUT2D eigenvalue weighted by Crippen LogP contribution is -2.45. The molecule has 0 saturated heterocycles. The van der Waals surface area contributed by atoms with Crippen LogP contribution in [0.15, 0.2) is 36.5 Å². The van der Waals surface area contributed by atoms with E-state index in [1.807, 2.05) is 6.08 Å². The van der Waals surface area contributed by atoms with Crippen molar-refractivity contribution in [3.8, 4) is 0 Å². The van der Waals surface area contributed by atoms with E-state index in [2.05, 4.69) is 43.5 Å². The van der Waals surface area contributed by atoms with Crippen LogP contribution in [-0.4, -0.2) is 34.9 Å². The number of carbonyl (C=O) groups is 1. The zero-order valence-electron chi connectivity index (χ0n) is 28.7. The third-order valence-electron chi connectivity index (χ3n) is 8.37. The molecule has 0 aromatic heterocycles. The lowest BCUT2D eigenvalue weighted by Gasteiger charge is -2.20. The van der Waals surface area contributed by atoms with E-state index in [9.17, 15) is 15.0 Å². The van der Waals surface area contributed by atoms with Crippen LogP contribution in [0.1, 0.15) is 187 Å². The molecule has 0 heterocycles. The molecule has 0 radical (unpaired) electrons. The van der Waals surface area contributed by atoms with Crippen molar-refractivity contribution >= 4 is 5.91 Å². The average molecular weight is 604 g/mol. The Morgan fingerprint density at radius 3 is 1.40 bits per heavy atom. The number of aliphatic hydroxyl groups is 2. The number of rotatable bonds is 33. The fraction of sp³-hybridized carbons (Fsp3) is 0.821. The second-order valence-electron chi connectivity index (χ2n) is 12.6. The average Bonchev–Trinajstić information content (AvgIpc) is 3.01. The summed E-state index contributed by atoms with van der Waals surface area (Å²) in [5, 5.41) is 22.8. The van der Waals surface area contributed by atoms with Gasteiger partial charge in [0, 0.05) is 6.42 Å². The van der Waals surface area contributed by atoms with Crippen molar-refractivity contribution in [2.45, 2.75) is 199 Å². The minimum Gasteiger partial charge on any atom is -0.394 e. The predicted molar refractivity (Wildman–Crippen MR) is 188 cm³/mol. The predicted octanol–water partition coefficient (Wildman–Crippen LogP) is 11.1. The normalized spacial score (nSPS) is 13.5. The van der Waals surface area contributed by atoms with Crippen molar-refractivity contribution in [1.29, 1.82) is 0 Å². The maximum absolute atomic E-state index is 12.3. The molecule has 4 nitrogen and oxygen atoms in total. The molecule has 4 heteroatoms. The Kier molecular flexibility index (Phi) is 34.0. The van der Waals surface area contributed by atoms with Gasteiger partial charge in [-0.1, -0.05) is 166 Å². The molecule has 0 fully saturated rings. The van der Waals surface area contributed by atoms with E-state index in [-0.39, 0.29) is 12.5 Å². The van der Waals surface area contributed by atoms with Crippen LogP contribution in [0.5, 0.6) is 0 Å². The number of aliphatic hydroxyl groups excluding tert-OH is 2. The molecule has 1 amide bonds. The number of hydrogen-bond acceptors (Lipinski definition) is 3. The van der Waals surface area contributed by atoms with Gasteiger partial charge < -0.3 is 15.5 Å². The molecular formula is C39H73NO3. The highest BCUT2D eigenvalue weighted by molar-refractivity contribution is 5.76. The molecule has 0 aromatic carbocycles. The summed E-state index contributed by atoms with van der Waals surface area (Å²) >= 11 is 0. The molecule has 0 aliphatic rings. The van der Waals surface area contributed by atoms with Gasteiger partial charge in [-0.25, -0.2) is 0 Å². The Hall–Kier alpha value is -1.39. The van der Waals surface area contributed by atoms with Gasteiger partial charge in [-0.2, -0.15) is 0 Å². The Morgan fingerprint density at radius 2 is 0.953 bits per heavy atom. The number of nitrogens with one attached hydrogen (secondary N) is 1. The Labute approximate surface area is 268 Å². The SMILES string of the molecule is CCCCCCC/C=C\C/C=C\CCCCCCCCCCCC(=O)NC(CO)C(O)/C=C/CCCCCCCCCC. The van der Waals surface area contributed by atoms with E-state index >= 15 is 0 Å². The van der Waals surface area contributed by atoms with Crippen molar-refractivity contribution in [1.82, 2.24) is 5.32 Å². The first kappa shape index (κ1) is 41.6.